The molecule has 292 valence electrons. The van der Waals surface area contributed by atoms with Crippen molar-refractivity contribution in [1.29, 1.82) is 0 Å². The molecule has 0 atom stereocenters. The highest BCUT2D eigenvalue weighted by molar-refractivity contribution is 6.76. The van der Waals surface area contributed by atoms with Gasteiger partial charge in [-0.1, -0.05) is 39.3 Å². The quantitative estimate of drug-likeness (QED) is 0.0595. The molecule has 4 rings (SSSR count). The van der Waals surface area contributed by atoms with Crippen LogP contribution in [0.5, 0.6) is 0 Å². The minimum Gasteiger partial charge on any atom is -0.396 e. The lowest BCUT2D eigenvalue weighted by molar-refractivity contribution is -0.138. The molecule has 0 saturated heterocycles. The fourth-order valence-electron chi connectivity index (χ4n) is 5.23. The number of hydrogen-bond acceptors (Lipinski definition) is 6. The molecule has 0 bridgehead atoms. The van der Waals surface area contributed by atoms with Crippen molar-refractivity contribution in [3.63, 3.8) is 0 Å². The second kappa shape index (κ2) is 19.0. The Balaban J connectivity index is 0.000000280. The van der Waals surface area contributed by atoms with E-state index in [1.807, 2.05) is 4.57 Å². The molecule has 0 unspecified atom stereocenters. The van der Waals surface area contributed by atoms with Crippen LogP contribution >= 0.6 is 0 Å². The van der Waals surface area contributed by atoms with Crippen molar-refractivity contribution >= 4 is 38.2 Å². The number of benzene rings is 2. The third-order valence-corrected chi connectivity index (χ3v) is 11.8. The first-order chi connectivity index (χ1) is 24.2. The third-order valence-electron chi connectivity index (χ3n) is 8.36. The Labute approximate surface area is 304 Å². The van der Waals surface area contributed by atoms with Crippen molar-refractivity contribution in [3.05, 3.63) is 59.2 Å². The van der Waals surface area contributed by atoms with Crippen LogP contribution in [0, 0.1) is 0 Å². The van der Waals surface area contributed by atoms with Crippen LogP contribution in [-0.4, -0.2) is 71.9 Å². The van der Waals surface area contributed by atoms with Crippen LogP contribution in [0.3, 0.4) is 0 Å². The SMILES string of the molecule is C[Si](C)(C)CCOCn1c(CCCCO)nc2cc(C(F)(F)F)ccc21.C[Si](C)(C)CCOCn1c(CCCCO)nc2ccc(C(F)(F)F)cc21. The Kier molecular flexibility index (Phi) is 16.0. The molecule has 16 heteroatoms. The zero-order valence-electron chi connectivity index (χ0n) is 31.1. The Morgan fingerprint density at radius 1 is 0.596 bits per heavy atom. The summed E-state index contributed by atoms with van der Waals surface area (Å²) in [5, 5.41) is 17.9. The van der Waals surface area contributed by atoms with Gasteiger partial charge in [0.15, 0.2) is 0 Å². The summed E-state index contributed by atoms with van der Waals surface area (Å²) in [6, 6.07) is 9.26. The highest BCUT2D eigenvalue weighted by Crippen LogP contribution is 2.33. The Bertz CT molecular complexity index is 1690. The number of aliphatic hydroxyl groups is 2. The molecule has 2 heterocycles. The van der Waals surface area contributed by atoms with Gasteiger partial charge in [-0.25, -0.2) is 9.97 Å². The van der Waals surface area contributed by atoms with Gasteiger partial charge in [0.1, 0.15) is 25.1 Å². The first kappa shape index (κ1) is 43.6. The van der Waals surface area contributed by atoms with E-state index in [1.54, 1.807) is 4.57 Å². The molecule has 0 spiro atoms. The molecule has 4 aromatic rings. The number of rotatable bonds is 18. The van der Waals surface area contributed by atoms with E-state index in [4.69, 9.17) is 19.7 Å². The van der Waals surface area contributed by atoms with E-state index >= 15 is 0 Å². The standard InChI is InChI=1S/2C18H27F3N2O2Si/c1-26(2,3)11-10-25-13-23-16-8-7-14(18(19,20)21)12-15(16)22-17(23)6-4-5-9-24;1-26(2,3)11-10-25-13-23-16-12-14(18(19,20)21)7-8-15(16)22-17(23)6-4-5-9-24/h2*7-8,12,24H,4-6,9-11,13H2,1-3H3. The smallest absolute Gasteiger partial charge is 0.396 e. The molecular formula is C36H54F6N4O4Si2. The van der Waals surface area contributed by atoms with Gasteiger partial charge in [-0.2, -0.15) is 26.3 Å². The Morgan fingerprint density at radius 3 is 1.50 bits per heavy atom. The summed E-state index contributed by atoms with van der Waals surface area (Å²) >= 11 is 0. The first-order valence-electron chi connectivity index (χ1n) is 17.7. The van der Waals surface area contributed by atoms with E-state index in [1.165, 1.54) is 12.1 Å². The van der Waals surface area contributed by atoms with Crippen molar-refractivity contribution in [1.82, 2.24) is 19.1 Å². The van der Waals surface area contributed by atoms with E-state index in [0.29, 0.717) is 72.6 Å². The van der Waals surface area contributed by atoms with Gasteiger partial charge in [-0.05, 0) is 74.2 Å². The Hall–Kier alpha value is -2.77. The van der Waals surface area contributed by atoms with Crippen molar-refractivity contribution in [2.45, 2.75) is 116 Å². The van der Waals surface area contributed by atoms with Crippen LogP contribution < -0.4 is 0 Å². The van der Waals surface area contributed by atoms with Crippen molar-refractivity contribution in [3.8, 4) is 0 Å². The molecule has 2 aromatic carbocycles. The number of hydrogen-bond donors (Lipinski definition) is 2. The highest BCUT2D eigenvalue weighted by atomic mass is 28.3. The minimum atomic E-state index is -4.39. The van der Waals surface area contributed by atoms with E-state index in [-0.39, 0.29) is 26.7 Å². The van der Waals surface area contributed by atoms with Gasteiger partial charge < -0.3 is 28.8 Å². The topological polar surface area (TPSA) is 94.6 Å². The molecule has 0 saturated carbocycles. The van der Waals surface area contributed by atoms with Gasteiger partial charge >= 0.3 is 12.4 Å². The molecule has 2 N–H and O–H groups in total. The van der Waals surface area contributed by atoms with Crippen LogP contribution in [0.4, 0.5) is 26.3 Å². The molecular weight excluding hydrogens is 723 g/mol. The van der Waals surface area contributed by atoms with Gasteiger partial charge in [0.2, 0.25) is 0 Å². The molecule has 8 nitrogen and oxygen atoms in total. The van der Waals surface area contributed by atoms with Crippen LogP contribution in [-0.2, 0) is 48.1 Å². The molecule has 2 aromatic heterocycles. The van der Waals surface area contributed by atoms with Crippen LogP contribution in [0.1, 0.15) is 48.5 Å². The monoisotopic (exact) mass is 776 g/mol. The maximum Gasteiger partial charge on any atom is 0.416 e. The second-order valence-electron chi connectivity index (χ2n) is 15.4. The minimum absolute atomic E-state index is 0.0885. The summed E-state index contributed by atoms with van der Waals surface area (Å²) in [6.45, 7) is 15.4. The number of aliphatic hydroxyl groups excluding tert-OH is 2. The highest BCUT2D eigenvalue weighted by Gasteiger charge is 2.32. The number of fused-ring (bicyclic) bond motifs is 2. The fourth-order valence-corrected chi connectivity index (χ4v) is 6.75. The summed E-state index contributed by atoms with van der Waals surface area (Å²) in [5.74, 6) is 1.39. The lowest BCUT2D eigenvalue weighted by Crippen LogP contribution is -2.22. The predicted octanol–water partition coefficient (Wildman–Crippen LogP) is 9.36. The maximum atomic E-state index is 13.1. The Morgan fingerprint density at radius 2 is 1.04 bits per heavy atom. The average Bonchev–Trinajstić information content (AvgIpc) is 3.56. The van der Waals surface area contributed by atoms with Gasteiger partial charge in [0, 0.05) is 55.4 Å². The number of imidazole rings is 2. The summed E-state index contributed by atoms with van der Waals surface area (Å²) in [4.78, 5) is 8.87. The van der Waals surface area contributed by atoms with Crippen LogP contribution in [0.15, 0.2) is 36.4 Å². The molecule has 0 amide bonds. The first-order valence-corrected chi connectivity index (χ1v) is 25.1. The summed E-state index contributed by atoms with van der Waals surface area (Å²) < 4.78 is 93.1. The molecule has 0 aliphatic rings. The van der Waals surface area contributed by atoms with Crippen molar-refractivity contribution < 1.29 is 46.0 Å². The third kappa shape index (κ3) is 13.9. The van der Waals surface area contributed by atoms with E-state index in [9.17, 15) is 26.3 Å². The zero-order valence-corrected chi connectivity index (χ0v) is 33.1. The molecule has 52 heavy (non-hydrogen) atoms. The number of aryl methyl sites for hydroxylation is 2. The van der Waals surface area contributed by atoms with Crippen LogP contribution in [0.25, 0.3) is 22.1 Å². The van der Waals surface area contributed by atoms with E-state index in [0.717, 1.165) is 49.2 Å². The van der Waals surface area contributed by atoms with Crippen molar-refractivity contribution in [2.24, 2.45) is 0 Å². The summed E-state index contributed by atoms with van der Waals surface area (Å²) in [6.07, 6.45) is -4.88. The number of unbranched alkanes of at least 4 members (excludes halogenated alkanes) is 2. The number of nitrogens with zero attached hydrogens (tertiary/aromatic N) is 4. The van der Waals surface area contributed by atoms with E-state index in [2.05, 4.69) is 49.3 Å². The largest absolute Gasteiger partial charge is 0.416 e. The molecule has 0 aliphatic heterocycles. The summed E-state index contributed by atoms with van der Waals surface area (Å²) in [5.41, 5.74) is 0.557. The van der Waals surface area contributed by atoms with Gasteiger partial charge in [-0.15, -0.1) is 0 Å². The van der Waals surface area contributed by atoms with Crippen molar-refractivity contribution in [2.75, 3.05) is 26.4 Å². The lowest BCUT2D eigenvalue weighted by atomic mass is 10.2. The second-order valence-corrected chi connectivity index (χ2v) is 26.6. The lowest BCUT2D eigenvalue weighted by Gasteiger charge is -2.16. The maximum absolute atomic E-state index is 13.1. The van der Waals surface area contributed by atoms with Gasteiger partial charge in [0.25, 0.3) is 0 Å². The zero-order chi connectivity index (χ0) is 38.7. The summed E-state index contributed by atoms with van der Waals surface area (Å²) in [7, 11) is -2.44. The van der Waals surface area contributed by atoms with Gasteiger partial charge in [0.05, 0.1) is 33.2 Å². The van der Waals surface area contributed by atoms with E-state index < -0.39 is 39.6 Å². The normalized spacial score (nSPS) is 12.9. The number of ether oxygens (including phenoxy) is 2. The molecule has 0 fully saturated rings. The average molecular weight is 777 g/mol. The van der Waals surface area contributed by atoms with Crippen LogP contribution in [0.2, 0.25) is 51.4 Å². The predicted molar refractivity (Wildman–Crippen MR) is 198 cm³/mol. The molecule has 0 radical (unpaired) electrons. The fraction of sp³-hybridized carbons (Fsp3) is 0.611. The number of alkyl halides is 6. The molecule has 0 aliphatic carbocycles. The number of aromatic nitrogens is 4. The number of halogens is 6. The van der Waals surface area contributed by atoms with Gasteiger partial charge in [-0.3, -0.25) is 0 Å².